The number of rotatable bonds is 9. The minimum absolute atomic E-state index is 0.0313. The average Bonchev–Trinajstić information content (AvgIpc) is 2.62. The Kier molecular flexibility index (Phi) is 6.95. The van der Waals surface area contributed by atoms with E-state index in [0.717, 1.165) is 11.0 Å². The summed E-state index contributed by atoms with van der Waals surface area (Å²) in [5, 5.41) is 10.9. The van der Waals surface area contributed by atoms with E-state index in [4.69, 9.17) is 4.74 Å². The van der Waals surface area contributed by atoms with Crippen LogP contribution in [0, 0.1) is 15.9 Å². The molecule has 0 aromatic heterocycles. The molecular weight excluding hydrogens is 383 g/mol. The molecule has 2 rings (SSSR count). The topological polar surface area (TPSA) is 98.5 Å². The Hall–Kier alpha value is -2.17. The van der Waals surface area contributed by atoms with Crippen LogP contribution in [0.25, 0.3) is 0 Å². The number of hydrogen-bond acceptors (Lipinski definition) is 6. The van der Waals surface area contributed by atoms with Crippen LogP contribution in [0.3, 0.4) is 0 Å². The van der Waals surface area contributed by atoms with Crippen LogP contribution in [0.5, 0.6) is 5.75 Å². The summed E-state index contributed by atoms with van der Waals surface area (Å²) < 4.78 is 45.0. The Labute approximate surface area is 154 Å². The molecular formula is C16H17FN2O5S2. The van der Waals surface area contributed by atoms with Gasteiger partial charge in [-0.1, -0.05) is 0 Å². The van der Waals surface area contributed by atoms with Crippen LogP contribution >= 0.6 is 11.8 Å². The van der Waals surface area contributed by atoms with Crippen LogP contribution in [0.15, 0.2) is 52.3 Å². The molecule has 0 radical (unpaired) electrons. The van der Waals surface area contributed by atoms with E-state index in [-0.39, 0.29) is 28.7 Å². The lowest BCUT2D eigenvalue weighted by Crippen LogP contribution is -2.25. The first kappa shape index (κ1) is 20.1. The van der Waals surface area contributed by atoms with E-state index in [9.17, 15) is 22.9 Å². The van der Waals surface area contributed by atoms with Gasteiger partial charge in [-0.2, -0.15) is 0 Å². The normalized spacial score (nSPS) is 11.3. The number of nitrogens with zero attached hydrogens (tertiary/aromatic N) is 1. The number of non-ortho nitro benzene ring substituents is 1. The maximum Gasteiger partial charge on any atom is 0.271 e. The summed E-state index contributed by atoms with van der Waals surface area (Å²) in [5.74, 6) is 0.344. The number of sulfonamides is 1. The van der Waals surface area contributed by atoms with Crippen molar-refractivity contribution in [1.29, 1.82) is 0 Å². The van der Waals surface area contributed by atoms with E-state index < -0.39 is 14.9 Å². The largest absolute Gasteiger partial charge is 0.495 e. The number of benzene rings is 2. The van der Waals surface area contributed by atoms with Crippen LogP contribution in [-0.2, 0) is 10.0 Å². The highest BCUT2D eigenvalue weighted by atomic mass is 32.2. The molecule has 0 fully saturated rings. The van der Waals surface area contributed by atoms with Crippen molar-refractivity contribution in [1.82, 2.24) is 4.72 Å². The second-order valence-corrected chi connectivity index (χ2v) is 8.05. The monoisotopic (exact) mass is 400 g/mol. The zero-order chi connectivity index (χ0) is 19.2. The summed E-state index contributed by atoms with van der Waals surface area (Å²) in [5.41, 5.74) is -0.335. The second-order valence-electron chi connectivity index (χ2n) is 5.15. The van der Waals surface area contributed by atoms with Crippen molar-refractivity contribution >= 4 is 27.5 Å². The van der Waals surface area contributed by atoms with Crippen LogP contribution in [0.4, 0.5) is 10.1 Å². The van der Waals surface area contributed by atoms with Crippen molar-refractivity contribution in [3.05, 3.63) is 58.4 Å². The first-order valence-corrected chi connectivity index (χ1v) is 10.0. The van der Waals surface area contributed by atoms with Crippen molar-refractivity contribution < 1.29 is 22.5 Å². The summed E-state index contributed by atoms with van der Waals surface area (Å²) >= 11 is 1.47. The fourth-order valence-corrected chi connectivity index (χ4v) is 4.18. The van der Waals surface area contributed by atoms with E-state index in [1.807, 2.05) is 0 Å². The number of halogens is 1. The van der Waals surface area contributed by atoms with Gasteiger partial charge in [0.15, 0.2) is 0 Å². The SMILES string of the molecule is COc1ccc([N+](=O)[O-])cc1S(=O)(=O)NCCCSc1ccc(F)cc1. The third kappa shape index (κ3) is 5.41. The van der Waals surface area contributed by atoms with Crippen molar-refractivity contribution in [2.75, 3.05) is 19.4 Å². The zero-order valence-corrected chi connectivity index (χ0v) is 15.5. The Morgan fingerprint density at radius 1 is 1.23 bits per heavy atom. The number of methoxy groups -OCH3 is 1. The summed E-state index contributed by atoms with van der Waals surface area (Å²) in [6, 6.07) is 9.41. The molecule has 0 bridgehead atoms. The van der Waals surface area contributed by atoms with Crippen molar-refractivity contribution in [3.8, 4) is 5.75 Å². The number of ether oxygens (including phenoxy) is 1. The van der Waals surface area contributed by atoms with Gasteiger partial charge in [-0.25, -0.2) is 17.5 Å². The molecule has 2 aromatic rings. The first-order chi connectivity index (χ1) is 12.3. The number of thioether (sulfide) groups is 1. The lowest BCUT2D eigenvalue weighted by atomic mass is 10.3. The predicted molar refractivity (Wildman–Crippen MR) is 96.6 cm³/mol. The maximum atomic E-state index is 12.8. The quantitative estimate of drug-likeness (QED) is 0.300. The molecule has 0 aliphatic rings. The lowest BCUT2D eigenvalue weighted by molar-refractivity contribution is -0.385. The van der Waals surface area contributed by atoms with Gasteiger partial charge in [0.25, 0.3) is 5.69 Å². The third-order valence-corrected chi connectivity index (χ3v) is 5.92. The van der Waals surface area contributed by atoms with Crippen molar-refractivity contribution in [2.45, 2.75) is 16.2 Å². The second kappa shape index (κ2) is 8.97. The zero-order valence-electron chi connectivity index (χ0n) is 13.8. The van der Waals surface area contributed by atoms with E-state index in [1.165, 1.54) is 43.1 Å². The molecule has 0 heterocycles. The van der Waals surface area contributed by atoms with Crippen LogP contribution in [0.2, 0.25) is 0 Å². The molecule has 10 heteroatoms. The Morgan fingerprint density at radius 2 is 1.92 bits per heavy atom. The van der Waals surface area contributed by atoms with Crippen LogP contribution < -0.4 is 9.46 Å². The van der Waals surface area contributed by atoms with E-state index >= 15 is 0 Å². The molecule has 0 amide bonds. The minimum atomic E-state index is -3.95. The van der Waals surface area contributed by atoms with Gasteiger partial charge in [-0.05, 0) is 42.5 Å². The molecule has 0 spiro atoms. The number of nitrogens with one attached hydrogen (secondary N) is 1. The van der Waals surface area contributed by atoms with Gasteiger partial charge in [-0.3, -0.25) is 10.1 Å². The van der Waals surface area contributed by atoms with Gasteiger partial charge < -0.3 is 4.74 Å². The maximum absolute atomic E-state index is 12.8. The average molecular weight is 400 g/mol. The standard InChI is InChI=1S/C16H17FN2O5S2/c1-24-15-8-5-13(19(20)21)11-16(15)26(22,23)18-9-2-10-25-14-6-3-12(17)4-7-14/h3-8,11,18H,2,9-10H2,1H3. The molecule has 0 unspecified atom stereocenters. The molecule has 0 atom stereocenters. The molecule has 0 saturated carbocycles. The Morgan fingerprint density at radius 3 is 2.54 bits per heavy atom. The Bertz CT molecular complexity index is 873. The van der Waals surface area contributed by atoms with Gasteiger partial charge in [0.05, 0.1) is 12.0 Å². The van der Waals surface area contributed by atoms with Crippen molar-refractivity contribution in [3.63, 3.8) is 0 Å². The van der Waals surface area contributed by atoms with Gasteiger partial charge in [0, 0.05) is 23.6 Å². The fourth-order valence-electron chi connectivity index (χ4n) is 2.07. The van der Waals surface area contributed by atoms with Crippen LogP contribution in [-0.4, -0.2) is 32.7 Å². The van der Waals surface area contributed by atoms with Gasteiger partial charge >= 0.3 is 0 Å². The van der Waals surface area contributed by atoms with Gasteiger partial charge in [-0.15, -0.1) is 11.8 Å². The molecule has 1 N–H and O–H groups in total. The number of nitro groups is 1. The van der Waals surface area contributed by atoms with Gasteiger partial charge in [0.1, 0.15) is 16.5 Å². The minimum Gasteiger partial charge on any atom is -0.495 e. The first-order valence-electron chi connectivity index (χ1n) is 7.54. The van der Waals surface area contributed by atoms with Crippen molar-refractivity contribution in [2.24, 2.45) is 0 Å². The number of hydrogen-bond donors (Lipinski definition) is 1. The molecule has 0 aliphatic heterocycles. The molecule has 26 heavy (non-hydrogen) atoms. The summed E-state index contributed by atoms with van der Waals surface area (Å²) in [4.78, 5) is 10.8. The molecule has 0 saturated heterocycles. The summed E-state index contributed by atoms with van der Waals surface area (Å²) in [7, 11) is -2.66. The lowest BCUT2D eigenvalue weighted by Gasteiger charge is -2.10. The summed E-state index contributed by atoms with van der Waals surface area (Å²) in [6.45, 7) is 0.155. The smallest absolute Gasteiger partial charge is 0.271 e. The molecule has 2 aromatic carbocycles. The highest BCUT2D eigenvalue weighted by Crippen LogP contribution is 2.28. The molecule has 140 valence electrons. The summed E-state index contributed by atoms with van der Waals surface area (Å²) in [6.07, 6.45) is 0.526. The van der Waals surface area contributed by atoms with E-state index in [2.05, 4.69) is 4.72 Å². The molecule has 7 nitrogen and oxygen atoms in total. The highest BCUT2D eigenvalue weighted by molar-refractivity contribution is 7.99. The van der Waals surface area contributed by atoms with E-state index in [1.54, 1.807) is 12.1 Å². The van der Waals surface area contributed by atoms with E-state index in [0.29, 0.717) is 12.2 Å². The molecule has 0 aliphatic carbocycles. The van der Waals surface area contributed by atoms with Gasteiger partial charge in [0.2, 0.25) is 10.0 Å². The number of nitro benzene ring substituents is 1. The third-order valence-electron chi connectivity index (χ3n) is 3.34. The predicted octanol–water partition coefficient (Wildman–Crippen LogP) is 3.20. The highest BCUT2D eigenvalue weighted by Gasteiger charge is 2.22. The van der Waals surface area contributed by atoms with Crippen LogP contribution in [0.1, 0.15) is 6.42 Å². The fraction of sp³-hybridized carbons (Fsp3) is 0.250. The Balaban J connectivity index is 1.95.